The Bertz CT molecular complexity index is 673. The lowest BCUT2D eigenvalue weighted by Crippen LogP contribution is -2.38. The average Bonchev–Trinajstić information content (AvgIpc) is 2.61. The molecule has 0 aliphatic rings. The van der Waals surface area contributed by atoms with Crippen molar-refractivity contribution in [2.45, 2.75) is 32.9 Å². The van der Waals surface area contributed by atoms with E-state index in [9.17, 15) is 9.90 Å². The van der Waals surface area contributed by atoms with E-state index in [1.54, 1.807) is 0 Å². The zero-order chi connectivity index (χ0) is 18.1. The first-order valence-corrected chi connectivity index (χ1v) is 8.52. The van der Waals surface area contributed by atoms with Crippen molar-refractivity contribution >= 4 is 5.97 Å². The van der Waals surface area contributed by atoms with Crippen molar-refractivity contribution in [2.24, 2.45) is 0 Å². The van der Waals surface area contributed by atoms with Gasteiger partial charge in [0, 0.05) is 6.54 Å². The summed E-state index contributed by atoms with van der Waals surface area (Å²) in [4.78, 5) is 11.5. The van der Waals surface area contributed by atoms with E-state index in [1.165, 1.54) is 0 Å². The lowest BCUT2D eigenvalue weighted by Gasteiger charge is -2.16. The van der Waals surface area contributed by atoms with E-state index in [-0.39, 0.29) is 0 Å². The lowest BCUT2D eigenvalue weighted by atomic mass is 10.1. The molecule has 0 aliphatic carbocycles. The number of hydrogen-bond donors (Lipinski definition) is 2. The minimum Gasteiger partial charge on any atom is -0.490 e. The molecule has 1 atom stereocenters. The van der Waals surface area contributed by atoms with Crippen molar-refractivity contribution < 1.29 is 19.4 Å². The third-order valence-electron chi connectivity index (χ3n) is 3.74. The van der Waals surface area contributed by atoms with Gasteiger partial charge in [0.25, 0.3) is 0 Å². The van der Waals surface area contributed by atoms with Crippen molar-refractivity contribution in [2.75, 3.05) is 13.2 Å². The zero-order valence-corrected chi connectivity index (χ0v) is 14.7. The van der Waals surface area contributed by atoms with Crippen LogP contribution in [0.1, 0.15) is 25.0 Å². The van der Waals surface area contributed by atoms with Gasteiger partial charge in [-0.3, -0.25) is 4.79 Å². The van der Waals surface area contributed by atoms with Crippen LogP contribution >= 0.6 is 0 Å². The molecule has 0 aromatic heterocycles. The number of aliphatic carboxylic acids is 1. The summed E-state index contributed by atoms with van der Waals surface area (Å²) < 4.78 is 11.2. The van der Waals surface area contributed by atoms with Crippen LogP contribution in [0, 0.1) is 0 Å². The van der Waals surface area contributed by atoms with E-state index in [1.807, 2.05) is 62.4 Å². The van der Waals surface area contributed by atoms with Crippen molar-refractivity contribution in [3.63, 3.8) is 0 Å². The van der Waals surface area contributed by atoms with Gasteiger partial charge in [-0.2, -0.15) is 0 Å². The summed E-state index contributed by atoms with van der Waals surface area (Å²) >= 11 is 0. The molecule has 0 unspecified atom stereocenters. The number of benzene rings is 2. The topological polar surface area (TPSA) is 67.8 Å². The molecule has 2 rings (SSSR count). The first-order valence-electron chi connectivity index (χ1n) is 8.52. The monoisotopic (exact) mass is 343 g/mol. The number of carboxylic acids is 1. The van der Waals surface area contributed by atoms with Gasteiger partial charge in [-0.05, 0) is 43.5 Å². The summed E-state index contributed by atoms with van der Waals surface area (Å²) in [6, 6.07) is 14.6. The summed E-state index contributed by atoms with van der Waals surface area (Å²) in [6.45, 7) is 5.39. The highest BCUT2D eigenvalue weighted by Gasteiger charge is 2.17. The molecule has 134 valence electrons. The standard InChI is InChI=1S/C20H25NO4/c1-3-24-18-11-10-16(13-19(18)25-4-2)14-21-17(20(22)23)12-15-8-6-5-7-9-15/h5-11,13,17,21H,3-4,12,14H2,1-2H3,(H,22,23)/t17-/m0/s1. The van der Waals surface area contributed by atoms with Gasteiger partial charge in [0.1, 0.15) is 6.04 Å². The molecule has 0 spiro atoms. The van der Waals surface area contributed by atoms with Crippen molar-refractivity contribution in [3.05, 3.63) is 59.7 Å². The molecule has 2 N–H and O–H groups in total. The summed E-state index contributed by atoms with van der Waals surface area (Å²) in [7, 11) is 0. The number of hydrogen-bond acceptors (Lipinski definition) is 4. The second kappa shape index (κ2) is 9.69. The molecule has 0 heterocycles. The van der Waals surface area contributed by atoms with Gasteiger partial charge in [-0.25, -0.2) is 0 Å². The summed E-state index contributed by atoms with van der Waals surface area (Å²) in [5.41, 5.74) is 1.94. The molecule has 0 fully saturated rings. The highest BCUT2D eigenvalue weighted by atomic mass is 16.5. The van der Waals surface area contributed by atoms with Crippen LogP contribution in [0.4, 0.5) is 0 Å². The number of nitrogens with one attached hydrogen (secondary N) is 1. The Balaban J connectivity index is 2.04. The quantitative estimate of drug-likeness (QED) is 0.693. The number of ether oxygens (including phenoxy) is 2. The molecule has 2 aromatic carbocycles. The molecule has 5 heteroatoms. The van der Waals surface area contributed by atoms with E-state index in [0.29, 0.717) is 37.7 Å². The minimum absolute atomic E-state index is 0.436. The third-order valence-corrected chi connectivity index (χ3v) is 3.74. The van der Waals surface area contributed by atoms with Crippen LogP contribution in [0.3, 0.4) is 0 Å². The Morgan fingerprint density at radius 3 is 2.32 bits per heavy atom. The molecular weight excluding hydrogens is 318 g/mol. The van der Waals surface area contributed by atoms with E-state index in [0.717, 1.165) is 11.1 Å². The van der Waals surface area contributed by atoms with Crippen LogP contribution in [0.2, 0.25) is 0 Å². The highest BCUT2D eigenvalue weighted by molar-refractivity contribution is 5.73. The second-order valence-corrected chi connectivity index (χ2v) is 5.61. The average molecular weight is 343 g/mol. The number of carboxylic acid groups (broad SMARTS) is 1. The molecule has 25 heavy (non-hydrogen) atoms. The molecule has 0 saturated carbocycles. The first kappa shape index (κ1) is 18.8. The van der Waals surface area contributed by atoms with Crippen LogP contribution in [0.15, 0.2) is 48.5 Å². The van der Waals surface area contributed by atoms with Gasteiger partial charge in [0.15, 0.2) is 11.5 Å². The van der Waals surface area contributed by atoms with Crippen LogP contribution in [0.25, 0.3) is 0 Å². The normalized spacial score (nSPS) is 11.8. The maximum atomic E-state index is 11.5. The second-order valence-electron chi connectivity index (χ2n) is 5.61. The molecule has 0 amide bonds. The molecule has 0 bridgehead atoms. The Kier molecular flexibility index (Phi) is 7.29. The van der Waals surface area contributed by atoms with Crippen LogP contribution in [-0.2, 0) is 17.8 Å². The Labute approximate surface area is 148 Å². The van der Waals surface area contributed by atoms with Crippen LogP contribution in [-0.4, -0.2) is 30.3 Å². The van der Waals surface area contributed by atoms with Gasteiger partial charge >= 0.3 is 5.97 Å². The van der Waals surface area contributed by atoms with Gasteiger partial charge in [0.05, 0.1) is 13.2 Å². The molecule has 0 radical (unpaired) electrons. The predicted molar refractivity (Wildman–Crippen MR) is 97.2 cm³/mol. The Morgan fingerprint density at radius 1 is 1.00 bits per heavy atom. The zero-order valence-electron chi connectivity index (χ0n) is 14.7. The summed E-state index contributed by atoms with van der Waals surface area (Å²) in [5.74, 6) is 0.519. The van der Waals surface area contributed by atoms with Gasteiger partial charge in [0.2, 0.25) is 0 Å². The van der Waals surface area contributed by atoms with E-state index in [4.69, 9.17) is 9.47 Å². The maximum Gasteiger partial charge on any atom is 0.321 e. The number of rotatable bonds is 10. The molecule has 2 aromatic rings. The fraction of sp³-hybridized carbons (Fsp3) is 0.350. The van der Waals surface area contributed by atoms with Gasteiger partial charge in [-0.15, -0.1) is 0 Å². The smallest absolute Gasteiger partial charge is 0.321 e. The fourth-order valence-electron chi connectivity index (χ4n) is 2.54. The Morgan fingerprint density at radius 2 is 1.68 bits per heavy atom. The fourth-order valence-corrected chi connectivity index (χ4v) is 2.54. The van der Waals surface area contributed by atoms with Crippen molar-refractivity contribution in [1.82, 2.24) is 5.32 Å². The van der Waals surface area contributed by atoms with Crippen LogP contribution < -0.4 is 14.8 Å². The van der Waals surface area contributed by atoms with Gasteiger partial charge < -0.3 is 19.9 Å². The van der Waals surface area contributed by atoms with Crippen molar-refractivity contribution in [3.8, 4) is 11.5 Å². The Hall–Kier alpha value is -2.53. The maximum absolute atomic E-state index is 11.5. The molecular formula is C20H25NO4. The third kappa shape index (κ3) is 5.80. The van der Waals surface area contributed by atoms with Gasteiger partial charge in [-0.1, -0.05) is 36.4 Å². The molecule has 0 saturated heterocycles. The van der Waals surface area contributed by atoms with Crippen LogP contribution in [0.5, 0.6) is 11.5 Å². The van der Waals surface area contributed by atoms with E-state index >= 15 is 0 Å². The van der Waals surface area contributed by atoms with E-state index < -0.39 is 12.0 Å². The lowest BCUT2D eigenvalue weighted by molar-refractivity contribution is -0.139. The van der Waals surface area contributed by atoms with Crippen molar-refractivity contribution in [1.29, 1.82) is 0 Å². The number of carbonyl (C=O) groups is 1. The summed E-state index contributed by atoms with van der Waals surface area (Å²) in [5, 5.41) is 12.6. The highest BCUT2D eigenvalue weighted by Crippen LogP contribution is 2.28. The summed E-state index contributed by atoms with van der Waals surface area (Å²) in [6.07, 6.45) is 0.436. The minimum atomic E-state index is -0.861. The predicted octanol–water partition coefficient (Wildman–Crippen LogP) is 3.27. The molecule has 5 nitrogen and oxygen atoms in total. The SMILES string of the molecule is CCOc1ccc(CN[C@@H](Cc2ccccc2)C(=O)O)cc1OCC. The van der Waals surface area contributed by atoms with E-state index in [2.05, 4.69) is 5.32 Å². The first-order chi connectivity index (χ1) is 12.1. The largest absolute Gasteiger partial charge is 0.490 e. The molecule has 0 aliphatic heterocycles.